The van der Waals surface area contributed by atoms with E-state index in [4.69, 9.17) is 0 Å². The Morgan fingerprint density at radius 3 is 2.33 bits per heavy atom. The monoisotopic (exact) mass is 265 g/mol. The number of rotatable bonds is 4. The Labute approximate surface area is 104 Å². The number of aromatic nitrogens is 2. The van der Waals surface area contributed by atoms with Gasteiger partial charge in [0.2, 0.25) is 0 Å². The second-order valence-corrected chi connectivity index (χ2v) is 4.51. The third-order valence-corrected chi connectivity index (χ3v) is 2.72. The van der Waals surface area contributed by atoms with Gasteiger partial charge in [-0.1, -0.05) is 0 Å². The zero-order valence-electron chi connectivity index (χ0n) is 10.9. The molecule has 0 saturated heterocycles. The van der Waals surface area contributed by atoms with Crippen molar-refractivity contribution in [3.05, 3.63) is 11.3 Å². The van der Waals surface area contributed by atoms with Gasteiger partial charge in [-0.3, -0.25) is 4.68 Å². The van der Waals surface area contributed by atoms with Crippen molar-refractivity contribution >= 4 is 5.82 Å². The van der Waals surface area contributed by atoms with E-state index >= 15 is 0 Å². The van der Waals surface area contributed by atoms with Gasteiger partial charge in [-0.15, -0.1) is 0 Å². The summed E-state index contributed by atoms with van der Waals surface area (Å²) >= 11 is 0. The fourth-order valence-electron chi connectivity index (χ4n) is 1.93. The van der Waals surface area contributed by atoms with Crippen LogP contribution < -0.4 is 4.90 Å². The molecular weight excluding hydrogens is 247 g/mol. The van der Waals surface area contributed by atoms with Crippen LogP contribution in [0.2, 0.25) is 0 Å². The molecule has 18 heavy (non-hydrogen) atoms. The van der Waals surface area contributed by atoms with Crippen LogP contribution in [0.3, 0.4) is 0 Å². The lowest BCUT2D eigenvalue weighted by Gasteiger charge is -2.30. The molecule has 0 aliphatic carbocycles. The largest absolute Gasteiger partial charge is 0.405 e. The highest BCUT2D eigenvalue weighted by atomic mass is 19.4. The highest BCUT2D eigenvalue weighted by Gasteiger charge is 2.34. The predicted octanol–water partition coefficient (Wildman–Crippen LogP) is 2.00. The number of hydrogen-bond donors (Lipinski definition) is 1. The molecule has 0 fully saturated rings. The Kier molecular flexibility index (Phi) is 4.26. The first-order valence-corrected chi connectivity index (χ1v) is 5.64. The van der Waals surface area contributed by atoms with E-state index < -0.39 is 12.7 Å². The van der Waals surface area contributed by atoms with Crippen LogP contribution in [0.1, 0.15) is 25.1 Å². The average molecular weight is 265 g/mol. The Balaban J connectivity index is 3.21. The van der Waals surface area contributed by atoms with Crippen LogP contribution in [0.4, 0.5) is 19.0 Å². The van der Waals surface area contributed by atoms with Gasteiger partial charge in [0.1, 0.15) is 12.4 Å². The van der Waals surface area contributed by atoms with Crippen LogP contribution in [0.5, 0.6) is 0 Å². The zero-order chi connectivity index (χ0) is 14.1. The van der Waals surface area contributed by atoms with Gasteiger partial charge in [-0.25, -0.2) is 0 Å². The maximum absolute atomic E-state index is 12.6. The Morgan fingerprint density at radius 2 is 1.94 bits per heavy atom. The molecule has 0 unspecified atom stereocenters. The van der Waals surface area contributed by atoms with Crippen molar-refractivity contribution in [3.8, 4) is 0 Å². The quantitative estimate of drug-likeness (QED) is 0.905. The number of nitrogens with zero attached hydrogens (tertiary/aromatic N) is 3. The molecule has 0 atom stereocenters. The average Bonchev–Trinajstić information content (AvgIpc) is 2.47. The molecule has 0 spiro atoms. The molecule has 0 aromatic carbocycles. The fraction of sp³-hybridized carbons (Fsp3) is 0.727. The minimum absolute atomic E-state index is 0.322. The lowest BCUT2D eigenvalue weighted by atomic mass is 10.2. The highest BCUT2D eigenvalue weighted by molar-refractivity contribution is 5.50. The molecule has 0 bridgehead atoms. The van der Waals surface area contributed by atoms with Crippen LogP contribution >= 0.6 is 0 Å². The van der Waals surface area contributed by atoms with Gasteiger partial charge >= 0.3 is 6.18 Å². The minimum atomic E-state index is -4.30. The van der Waals surface area contributed by atoms with E-state index in [0.29, 0.717) is 17.1 Å². The van der Waals surface area contributed by atoms with E-state index in [1.54, 1.807) is 27.8 Å². The Hall–Kier alpha value is -1.24. The second kappa shape index (κ2) is 5.17. The summed E-state index contributed by atoms with van der Waals surface area (Å²) in [6.45, 7) is 3.64. The van der Waals surface area contributed by atoms with E-state index in [2.05, 4.69) is 5.10 Å². The SMILES string of the molecule is Cc1nn(C)c(N(CC(F)(F)F)C(C)C)c1CO. The first-order valence-electron chi connectivity index (χ1n) is 5.64. The third-order valence-electron chi connectivity index (χ3n) is 2.72. The number of halogens is 3. The van der Waals surface area contributed by atoms with Gasteiger partial charge in [-0.2, -0.15) is 18.3 Å². The van der Waals surface area contributed by atoms with Gasteiger partial charge in [-0.05, 0) is 20.8 Å². The maximum Gasteiger partial charge on any atom is 0.405 e. The van der Waals surface area contributed by atoms with Crippen LogP contribution in [0.25, 0.3) is 0 Å². The van der Waals surface area contributed by atoms with Crippen LogP contribution in [0, 0.1) is 6.92 Å². The van der Waals surface area contributed by atoms with Crippen molar-refractivity contribution in [1.29, 1.82) is 0 Å². The van der Waals surface area contributed by atoms with Crippen LogP contribution in [-0.4, -0.2) is 33.6 Å². The van der Waals surface area contributed by atoms with Crippen molar-refractivity contribution in [3.63, 3.8) is 0 Å². The number of anilines is 1. The standard InChI is InChI=1S/C11H18F3N3O/c1-7(2)17(6-11(12,13)14)10-9(5-18)8(3)15-16(10)4/h7,18H,5-6H2,1-4H3. The summed E-state index contributed by atoms with van der Waals surface area (Å²) in [5.74, 6) is 0.322. The molecular formula is C11H18F3N3O. The molecule has 1 aromatic heterocycles. The van der Waals surface area contributed by atoms with Crippen LogP contribution in [0.15, 0.2) is 0 Å². The van der Waals surface area contributed by atoms with Gasteiger partial charge in [0.05, 0.1) is 12.3 Å². The highest BCUT2D eigenvalue weighted by Crippen LogP contribution is 2.28. The molecule has 7 heteroatoms. The Morgan fingerprint density at radius 1 is 1.39 bits per heavy atom. The van der Waals surface area contributed by atoms with Gasteiger partial charge < -0.3 is 10.0 Å². The number of aliphatic hydroxyl groups excluding tert-OH is 1. The number of alkyl halides is 3. The normalized spacial score (nSPS) is 12.3. The zero-order valence-corrected chi connectivity index (χ0v) is 10.9. The Bertz CT molecular complexity index is 412. The van der Waals surface area contributed by atoms with Crippen molar-refractivity contribution in [1.82, 2.24) is 9.78 Å². The summed E-state index contributed by atoms with van der Waals surface area (Å²) in [6, 6.07) is -0.341. The molecule has 1 heterocycles. The summed E-state index contributed by atoms with van der Waals surface area (Å²) in [5, 5.41) is 13.3. The second-order valence-electron chi connectivity index (χ2n) is 4.51. The fourth-order valence-corrected chi connectivity index (χ4v) is 1.93. The first kappa shape index (κ1) is 14.8. The summed E-state index contributed by atoms with van der Waals surface area (Å²) in [6.07, 6.45) is -4.30. The number of aryl methyl sites for hydroxylation is 2. The topological polar surface area (TPSA) is 41.3 Å². The number of aliphatic hydroxyl groups is 1. The molecule has 104 valence electrons. The van der Waals surface area contributed by atoms with E-state index in [-0.39, 0.29) is 12.6 Å². The summed E-state index contributed by atoms with van der Waals surface area (Å²) < 4.78 is 39.2. The van der Waals surface area contributed by atoms with Gasteiger partial charge in [0.15, 0.2) is 0 Å². The molecule has 0 aliphatic rings. The summed E-state index contributed by atoms with van der Waals surface area (Å²) in [4.78, 5) is 1.20. The van der Waals surface area contributed by atoms with Crippen molar-refractivity contribution in [2.24, 2.45) is 7.05 Å². The first-order chi connectivity index (χ1) is 8.17. The molecule has 1 aromatic rings. The van der Waals surface area contributed by atoms with Crippen molar-refractivity contribution in [2.75, 3.05) is 11.4 Å². The molecule has 1 rings (SSSR count). The van der Waals surface area contributed by atoms with Crippen LogP contribution in [-0.2, 0) is 13.7 Å². The number of hydrogen-bond acceptors (Lipinski definition) is 3. The molecule has 0 radical (unpaired) electrons. The van der Waals surface area contributed by atoms with Gasteiger partial charge in [0.25, 0.3) is 0 Å². The van der Waals surface area contributed by atoms with Gasteiger partial charge in [0, 0.05) is 18.7 Å². The lowest BCUT2D eigenvalue weighted by molar-refractivity contribution is -0.120. The van der Waals surface area contributed by atoms with E-state index in [9.17, 15) is 18.3 Å². The summed E-state index contributed by atoms with van der Waals surface area (Å²) in [5.41, 5.74) is 0.985. The van der Waals surface area contributed by atoms with Crippen molar-refractivity contribution in [2.45, 2.75) is 39.6 Å². The maximum atomic E-state index is 12.6. The van der Waals surface area contributed by atoms with E-state index in [1.807, 2.05) is 0 Å². The van der Waals surface area contributed by atoms with E-state index in [0.717, 1.165) is 0 Å². The summed E-state index contributed by atoms with van der Waals surface area (Å²) in [7, 11) is 1.58. The smallest absolute Gasteiger partial charge is 0.391 e. The molecule has 0 aliphatic heterocycles. The predicted molar refractivity (Wildman–Crippen MR) is 62.4 cm³/mol. The molecule has 0 saturated carbocycles. The molecule has 1 N–H and O–H groups in total. The lowest BCUT2D eigenvalue weighted by Crippen LogP contribution is -2.40. The van der Waals surface area contributed by atoms with Crippen molar-refractivity contribution < 1.29 is 18.3 Å². The molecule has 0 amide bonds. The minimum Gasteiger partial charge on any atom is -0.391 e. The third kappa shape index (κ3) is 3.16. The molecule has 4 nitrogen and oxygen atoms in total. The van der Waals surface area contributed by atoms with E-state index in [1.165, 1.54) is 9.58 Å².